The number of aliphatic hydroxyl groups is 1. The minimum Gasteiger partial charge on any atom is -0.384 e. The molecule has 1 aliphatic rings. The molecule has 0 bridgehead atoms. The SMILES string of the molecule is CCOC(C1CC1)C(O)c1c(Br)cnn1C. The van der Waals surface area contributed by atoms with E-state index in [4.69, 9.17) is 4.74 Å². The van der Waals surface area contributed by atoms with Gasteiger partial charge in [-0.3, -0.25) is 4.68 Å². The van der Waals surface area contributed by atoms with Crippen molar-refractivity contribution in [3.8, 4) is 0 Å². The van der Waals surface area contributed by atoms with Crippen LogP contribution >= 0.6 is 15.9 Å². The number of hydrogen-bond acceptors (Lipinski definition) is 3. The highest BCUT2D eigenvalue weighted by Crippen LogP contribution is 2.41. The van der Waals surface area contributed by atoms with Crippen LogP contribution in [0.1, 0.15) is 31.6 Å². The van der Waals surface area contributed by atoms with Gasteiger partial charge in [0.25, 0.3) is 0 Å². The number of hydrogen-bond donors (Lipinski definition) is 1. The van der Waals surface area contributed by atoms with E-state index in [9.17, 15) is 5.11 Å². The second-order valence-corrected chi connectivity index (χ2v) is 5.06. The molecule has 0 radical (unpaired) electrons. The number of aromatic nitrogens is 2. The third-order valence-corrected chi connectivity index (χ3v) is 3.59. The summed E-state index contributed by atoms with van der Waals surface area (Å²) in [5, 5.41) is 14.5. The molecule has 2 atom stereocenters. The molecule has 1 aliphatic carbocycles. The molecule has 1 fully saturated rings. The number of halogens is 1. The summed E-state index contributed by atoms with van der Waals surface area (Å²) in [4.78, 5) is 0. The van der Waals surface area contributed by atoms with E-state index in [1.165, 1.54) is 0 Å². The van der Waals surface area contributed by atoms with E-state index in [1.807, 2.05) is 14.0 Å². The fourth-order valence-electron chi connectivity index (χ4n) is 2.01. The maximum atomic E-state index is 10.4. The van der Waals surface area contributed by atoms with Crippen molar-refractivity contribution in [3.63, 3.8) is 0 Å². The first-order valence-corrected chi connectivity index (χ1v) is 6.41. The van der Waals surface area contributed by atoms with Gasteiger partial charge in [-0.25, -0.2) is 0 Å². The third-order valence-electron chi connectivity index (χ3n) is 2.97. The lowest BCUT2D eigenvalue weighted by molar-refractivity contribution is -0.0495. The highest BCUT2D eigenvalue weighted by atomic mass is 79.9. The summed E-state index contributed by atoms with van der Waals surface area (Å²) in [6, 6.07) is 0. The first kappa shape index (κ1) is 12.1. The van der Waals surface area contributed by atoms with Crippen molar-refractivity contribution in [1.82, 2.24) is 9.78 Å². The lowest BCUT2D eigenvalue weighted by atomic mass is 10.1. The molecule has 5 heteroatoms. The van der Waals surface area contributed by atoms with Crippen molar-refractivity contribution in [2.45, 2.75) is 32.0 Å². The van der Waals surface area contributed by atoms with Gasteiger partial charge < -0.3 is 9.84 Å². The summed E-state index contributed by atoms with van der Waals surface area (Å²) in [5.74, 6) is 0.497. The second kappa shape index (κ2) is 4.85. The Morgan fingerprint density at radius 2 is 2.38 bits per heavy atom. The van der Waals surface area contributed by atoms with E-state index in [-0.39, 0.29) is 6.10 Å². The van der Waals surface area contributed by atoms with E-state index in [0.717, 1.165) is 23.0 Å². The molecule has 90 valence electrons. The standard InChI is InChI=1S/C11H17BrN2O2/c1-3-16-11(7-4-5-7)10(15)9-8(12)6-13-14(9)2/h6-7,10-11,15H,3-5H2,1-2H3. The third kappa shape index (κ3) is 2.31. The molecule has 1 aromatic heterocycles. The van der Waals surface area contributed by atoms with Crippen molar-refractivity contribution in [2.75, 3.05) is 6.61 Å². The van der Waals surface area contributed by atoms with E-state index in [0.29, 0.717) is 12.5 Å². The van der Waals surface area contributed by atoms with Gasteiger partial charge in [0.05, 0.1) is 22.5 Å². The summed E-state index contributed by atoms with van der Waals surface area (Å²) >= 11 is 3.41. The van der Waals surface area contributed by atoms with Crippen molar-refractivity contribution in [2.24, 2.45) is 13.0 Å². The number of aryl methyl sites for hydroxylation is 1. The van der Waals surface area contributed by atoms with Gasteiger partial charge in [-0.1, -0.05) is 0 Å². The molecule has 1 aromatic rings. The van der Waals surface area contributed by atoms with Crippen LogP contribution in [0.15, 0.2) is 10.7 Å². The van der Waals surface area contributed by atoms with Gasteiger partial charge in [-0.2, -0.15) is 5.10 Å². The van der Waals surface area contributed by atoms with Gasteiger partial charge >= 0.3 is 0 Å². The minimum absolute atomic E-state index is 0.100. The highest BCUT2D eigenvalue weighted by molar-refractivity contribution is 9.10. The molecule has 0 aromatic carbocycles. The van der Waals surface area contributed by atoms with Gasteiger partial charge in [-0.05, 0) is 41.6 Å². The molecule has 1 heterocycles. The van der Waals surface area contributed by atoms with E-state index in [2.05, 4.69) is 21.0 Å². The first-order valence-electron chi connectivity index (χ1n) is 5.62. The Morgan fingerprint density at radius 3 is 2.81 bits per heavy atom. The molecular formula is C11H17BrN2O2. The van der Waals surface area contributed by atoms with Crippen LogP contribution in [-0.2, 0) is 11.8 Å². The summed E-state index contributed by atoms with van der Waals surface area (Å²) < 4.78 is 8.19. The Morgan fingerprint density at radius 1 is 1.69 bits per heavy atom. The summed E-state index contributed by atoms with van der Waals surface area (Å²) in [7, 11) is 1.83. The molecule has 4 nitrogen and oxygen atoms in total. The minimum atomic E-state index is -0.602. The second-order valence-electron chi connectivity index (χ2n) is 4.20. The molecule has 2 unspecified atom stereocenters. The molecule has 16 heavy (non-hydrogen) atoms. The van der Waals surface area contributed by atoms with Crippen LogP contribution in [-0.4, -0.2) is 27.6 Å². The van der Waals surface area contributed by atoms with Gasteiger partial charge in [-0.15, -0.1) is 0 Å². The van der Waals surface area contributed by atoms with Crippen LogP contribution < -0.4 is 0 Å². The van der Waals surface area contributed by atoms with Crippen LogP contribution in [0.5, 0.6) is 0 Å². The molecule has 0 amide bonds. The van der Waals surface area contributed by atoms with Crippen LogP contribution in [0, 0.1) is 5.92 Å². The Kier molecular flexibility index (Phi) is 3.66. The quantitative estimate of drug-likeness (QED) is 0.902. The molecule has 2 rings (SSSR count). The van der Waals surface area contributed by atoms with E-state index < -0.39 is 6.10 Å². The number of rotatable bonds is 5. The van der Waals surface area contributed by atoms with E-state index in [1.54, 1.807) is 10.9 Å². The Labute approximate surface area is 104 Å². The van der Waals surface area contributed by atoms with Crippen molar-refractivity contribution < 1.29 is 9.84 Å². The maximum absolute atomic E-state index is 10.4. The van der Waals surface area contributed by atoms with Gasteiger partial charge in [0.15, 0.2) is 0 Å². The van der Waals surface area contributed by atoms with Crippen molar-refractivity contribution in [3.05, 3.63) is 16.4 Å². The first-order chi connectivity index (χ1) is 7.65. The average molecular weight is 289 g/mol. The van der Waals surface area contributed by atoms with Crippen molar-refractivity contribution in [1.29, 1.82) is 0 Å². The smallest absolute Gasteiger partial charge is 0.123 e. The average Bonchev–Trinajstić information content (AvgIpc) is 3.02. The number of aliphatic hydroxyl groups excluding tert-OH is 1. The van der Waals surface area contributed by atoms with Gasteiger partial charge in [0, 0.05) is 13.7 Å². The fourth-order valence-corrected chi connectivity index (χ4v) is 2.59. The summed E-state index contributed by atoms with van der Waals surface area (Å²) in [6.07, 6.45) is 3.30. The lowest BCUT2D eigenvalue weighted by Crippen LogP contribution is -2.26. The van der Waals surface area contributed by atoms with E-state index >= 15 is 0 Å². The van der Waals surface area contributed by atoms with Crippen LogP contribution in [0.4, 0.5) is 0 Å². The fraction of sp³-hybridized carbons (Fsp3) is 0.727. The number of nitrogens with zero attached hydrogens (tertiary/aromatic N) is 2. The maximum Gasteiger partial charge on any atom is 0.123 e. The Hall–Kier alpha value is -0.390. The normalized spacial score (nSPS) is 19.8. The largest absolute Gasteiger partial charge is 0.384 e. The lowest BCUT2D eigenvalue weighted by Gasteiger charge is -2.23. The molecule has 0 aliphatic heterocycles. The predicted octanol–water partition coefficient (Wildman–Crippen LogP) is 2.03. The summed E-state index contributed by atoms with van der Waals surface area (Å²) in [6.45, 7) is 2.59. The molecule has 1 saturated carbocycles. The zero-order chi connectivity index (χ0) is 11.7. The molecular weight excluding hydrogens is 272 g/mol. The van der Waals surface area contributed by atoms with Crippen molar-refractivity contribution >= 4 is 15.9 Å². The topological polar surface area (TPSA) is 47.3 Å². The van der Waals surface area contributed by atoms with Crippen LogP contribution in [0.2, 0.25) is 0 Å². The van der Waals surface area contributed by atoms with Crippen LogP contribution in [0.3, 0.4) is 0 Å². The zero-order valence-electron chi connectivity index (χ0n) is 9.56. The summed E-state index contributed by atoms with van der Waals surface area (Å²) in [5.41, 5.74) is 0.797. The predicted molar refractivity (Wildman–Crippen MR) is 64.0 cm³/mol. The van der Waals surface area contributed by atoms with Gasteiger partial charge in [0.2, 0.25) is 0 Å². The Bertz CT molecular complexity index is 343. The monoisotopic (exact) mass is 288 g/mol. The van der Waals surface area contributed by atoms with Crippen LogP contribution in [0.25, 0.3) is 0 Å². The Balaban J connectivity index is 2.18. The zero-order valence-corrected chi connectivity index (χ0v) is 11.1. The molecule has 1 N–H and O–H groups in total. The number of ether oxygens (including phenoxy) is 1. The highest BCUT2D eigenvalue weighted by Gasteiger charge is 2.38. The van der Waals surface area contributed by atoms with Gasteiger partial charge in [0.1, 0.15) is 6.10 Å². The molecule has 0 spiro atoms. The molecule has 0 saturated heterocycles.